The number of aliphatic hydroxyl groups is 5. The first-order valence-corrected chi connectivity index (χ1v) is 33.7. The molecule has 0 aromatic heterocycles. The van der Waals surface area contributed by atoms with Crippen LogP contribution in [0, 0.1) is 0 Å². The summed E-state index contributed by atoms with van der Waals surface area (Å²) in [5.74, 6) is -0.181. The van der Waals surface area contributed by atoms with Gasteiger partial charge in [0.2, 0.25) is 5.91 Å². The first-order chi connectivity index (χ1) is 37.8. The van der Waals surface area contributed by atoms with Gasteiger partial charge in [-0.3, -0.25) is 4.79 Å². The number of carbonyl (C=O) groups excluding carboxylic acids is 1. The number of nitrogens with one attached hydrogen (secondary N) is 1. The molecule has 0 aromatic carbocycles. The average molecular weight is 1090 g/mol. The second-order valence-corrected chi connectivity index (χ2v) is 23.6. The van der Waals surface area contributed by atoms with Crippen LogP contribution >= 0.6 is 0 Å². The number of aliphatic hydroxyl groups excluding tert-OH is 5. The molecule has 1 amide bonds. The Bertz CT molecular complexity index is 1310. The van der Waals surface area contributed by atoms with Gasteiger partial charge in [-0.1, -0.05) is 307 Å². The zero-order chi connectivity index (χ0) is 55.8. The van der Waals surface area contributed by atoms with E-state index in [0.717, 1.165) is 38.5 Å². The normalized spacial score (nSPS) is 18.9. The Morgan fingerprint density at radius 1 is 0.429 bits per heavy atom. The van der Waals surface area contributed by atoms with E-state index in [1.807, 2.05) is 6.08 Å². The van der Waals surface area contributed by atoms with Crippen LogP contribution in [-0.4, -0.2) is 87.5 Å². The maximum Gasteiger partial charge on any atom is 0.220 e. The molecule has 0 aliphatic carbocycles. The number of hydrogen-bond acceptors (Lipinski definition) is 8. The van der Waals surface area contributed by atoms with Gasteiger partial charge in [-0.05, 0) is 57.8 Å². The predicted molar refractivity (Wildman–Crippen MR) is 327 cm³/mol. The molecule has 77 heavy (non-hydrogen) atoms. The summed E-state index contributed by atoms with van der Waals surface area (Å²) in [5, 5.41) is 54.6. The van der Waals surface area contributed by atoms with E-state index in [-0.39, 0.29) is 12.5 Å². The van der Waals surface area contributed by atoms with Crippen molar-refractivity contribution < 1.29 is 39.8 Å². The van der Waals surface area contributed by atoms with Crippen molar-refractivity contribution >= 4 is 5.91 Å². The third kappa shape index (κ3) is 46.7. The molecule has 1 aliphatic heterocycles. The lowest BCUT2D eigenvalue weighted by atomic mass is 9.99. The third-order valence-electron chi connectivity index (χ3n) is 16.2. The Morgan fingerprint density at radius 2 is 0.740 bits per heavy atom. The zero-order valence-corrected chi connectivity index (χ0v) is 50.7. The van der Waals surface area contributed by atoms with Crippen LogP contribution in [0.25, 0.3) is 0 Å². The highest BCUT2D eigenvalue weighted by atomic mass is 16.7. The van der Waals surface area contributed by atoms with E-state index in [4.69, 9.17) is 9.47 Å². The van der Waals surface area contributed by atoms with Crippen molar-refractivity contribution in [1.29, 1.82) is 0 Å². The van der Waals surface area contributed by atoms with E-state index in [0.29, 0.717) is 6.42 Å². The fraction of sp³-hybridized carbons (Fsp3) is 0.897. The number of unbranched alkanes of at least 4 members (excludes halogenated alkanes) is 45. The molecule has 6 N–H and O–H groups in total. The lowest BCUT2D eigenvalue weighted by molar-refractivity contribution is -0.302. The third-order valence-corrected chi connectivity index (χ3v) is 16.2. The molecule has 0 spiro atoms. The van der Waals surface area contributed by atoms with Crippen LogP contribution < -0.4 is 5.32 Å². The highest BCUT2D eigenvalue weighted by Gasteiger charge is 2.44. The first-order valence-electron chi connectivity index (χ1n) is 33.7. The van der Waals surface area contributed by atoms with E-state index in [9.17, 15) is 30.3 Å². The second-order valence-electron chi connectivity index (χ2n) is 23.6. The number of ether oxygens (including phenoxy) is 2. The molecule has 7 unspecified atom stereocenters. The fourth-order valence-corrected chi connectivity index (χ4v) is 10.9. The summed E-state index contributed by atoms with van der Waals surface area (Å²) in [5.41, 5.74) is 0. The molecular weight excluding hydrogens is 959 g/mol. The highest BCUT2D eigenvalue weighted by molar-refractivity contribution is 5.76. The molecule has 0 aromatic rings. The monoisotopic (exact) mass is 1090 g/mol. The number of rotatable bonds is 59. The van der Waals surface area contributed by atoms with Gasteiger partial charge in [-0.15, -0.1) is 0 Å². The van der Waals surface area contributed by atoms with Crippen molar-refractivity contribution in [2.45, 2.75) is 378 Å². The Labute approximate surface area is 476 Å². The number of allylic oxidation sites excluding steroid dienone is 5. The van der Waals surface area contributed by atoms with Gasteiger partial charge in [0.1, 0.15) is 24.4 Å². The molecule has 1 saturated heterocycles. The quantitative estimate of drug-likeness (QED) is 0.0261. The van der Waals surface area contributed by atoms with Crippen molar-refractivity contribution in [1.82, 2.24) is 5.32 Å². The van der Waals surface area contributed by atoms with Crippen molar-refractivity contribution in [2.75, 3.05) is 13.2 Å². The van der Waals surface area contributed by atoms with Crippen molar-refractivity contribution in [3.05, 3.63) is 36.5 Å². The van der Waals surface area contributed by atoms with Gasteiger partial charge in [-0.25, -0.2) is 0 Å². The standard InChI is InChI=1S/C68H129NO8/c1-3-5-7-9-11-13-15-17-19-21-22-23-24-25-26-27-28-29-30-31-32-33-34-35-36-37-38-39-40-42-44-46-48-50-52-54-56-58-64(72)69-61(60-76-68-67(75)66(74)65(73)63(59-70)77-68)62(71)57-55-53-51-49-47-45-43-41-20-18-16-14-12-10-8-6-4-2/h29-30,47,49,55,57,61-63,65-68,70-71,73-75H,3-28,31-46,48,50-54,56,58-60H2,1-2H3,(H,69,72)/b30-29-,49-47+,57-55+. The highest BCUT2D eigenvalue weighted by Crippen LogP contribution is 2.23. The molecule has 1 aliphatic rings. The molecule has 7 atom stereocenters. The van der Waals surface area contributed by atoms with Crippen molar-refractivity contribution in [2.24, 2.45) is 0 Å². The van der Waals surface area contributed by atoms with Crippen molar-refractivity contribution in [3.63, 3.8) is 0 Å². The molecule has 1 heterocycles. The van der Waals surface area contributed by atoms with E-state index in [1.54, 1.807) is 6.08 Å². The lowest BCUT2D eigenvalue weighted by Gasteiger charge is -2.40. The van der Waals surface area contributed by atoms with Gasteiger partial charge in [0.15, 0.2) is 6.29 Å². The summed E-state index contributed by atoms with van der Waals surface area (Å²) in [4.78, 5) is 13.1. The van der Waals surface area contributed by atoms with Gasteiger partial charge in [0, 0.05) is 6.42 Å². The van der Waals surface area contributed by atoms with Crippen LogP contribution in [0.5, 0.6) is 0 Å². The summed E-state index contributed by atoms with van der Waals surface area (Å²) in [6.45, 7) is 3.80. The zero-order valence-electron chi connectivity index (χ0n) is 50.7. The van der Waals surface area contributed by atoms with Crippen LogP contribution in [0.3, 0.4) is 0 Å². The molecule has 0 radical (unpaired) electrons. The molecule has 9 heteroatoms. The van der Waals surface area contributed by atoms with Crippen LogP contribution in [0.2, 0.25) is 0 Å². The van der Waals surface area contributed by atoms with Gasteiger partial charge >= 0.3 is 0 Å². The SMILES string of the molecule is CCCCCCCCCCCCC/C=C/CC/C=C/C(O)C(COC1OC(CO)C(O)C(O)C1O)NC(=O)CCCCCCCCCCCCCCCCCCC/C=C\CCCCCCCCCCCCCCCCCC. The maximum atomic E-state index is 13.1. The molecular formula is C68H129NO8. The van der Waals surface area contributed by atoms with E-state index >= 15 is 0 Å². The van der Waals surface area contributed by atoms with Gasteiger partial charge < -0.3 is 40.3 Å². The van der Waals surface area contributed by atoms with Crippen LogP contribution in [0.1, 0.15) is 335 Å². The maximum absolute atomic E-state index is 13.1. The van der Waals surface area contributed by atoms with Crippen LogP contribution in [-0.2, 0) is 14.3 Å². The number of hydrogen-bond donors (Lipinski definition) is 6. The molecule has 1 rings (SSSR count). The molecule has 1 fully saturated rings. The minimum absolute atomic E-state index is 0.181. The van der Waals surface area contributed by atoms with E-state index in [2.05, 4.69) is 43.5 Å². The molecule has 0 bridgehead atoms. The fourth-order valence-electron chi connectivity index (χ4n) is 10.9. The molecule has 9 nitrogen and oxygen atoms in total. The summed E-state index contributed by atoms with van der Waals surface area (Å²) >= 11 is 0. The Hall–Kier alpha value is -1.59. The minimum Gasteiger partial charge on any atom is -0.394 e. The van der Waals surface area contributed by atoms with E-state index in [1.165, 1.54) is 276 Å². The largest absolute Gasteiger partial charge is 0.394 e. The second kappa shape index (κ2) is 57.6. The Morgan fingerprint density at radius 3 is 1.09 bits per heavy atom. The summed E-state index contributed by atoms with van der Waals surface area (Å²) in [6, 6.07) is -0.821. The Kier molecular flexibility index (Phi) is 55.0. The summed E-state index contributed by atoms with van der Waals surface area (Å²) in [7, 11) is 0. The van der Waals surface area contributed by atoms with Crippen LogP contribution in [0.15, 0.2) is 36.5 Å². The van der Waals surface area contributed by atoms with E-state index < -0.39 is 49.5 Å². The number of carbonyl (C=O) groups is 1. The van der Waals surface area contributed by atoms with Gasteiger partial charge in [0.05, 0.1) is 25.4 Å². The molecule has 454 valence electrons. The molecule has 0 saturated carbocycles. The lowest BCUT2D eigenvalue weighted by Crippen LogP contribution is -2.60. The number of amides is 1. The predicted octanol–water partition coefficient (Wildman–Crippen LogP) is 17.9. The summed E-state index contributed by atoms with van der Waals surface area (Å²) in [6.07, 6.45) is 69.8. The average Bonchev–Trinajstić information content (AvgIpc) is 3.43. The van der Waals surface area contributed by atoms with Gasteiger partial charge in [0.25, 0.3) is 0 Å². The first kappa shape index (κ1) is 73.4. The van der Waals surface area contributed by atoms with Gasteiger partial charge in [-0.2, -0.15) is 0 Å². The topological polar surface area (TPSA) is 149 Å². The summed E-state index contributed by atoms with van der Waals surface area (Å²) < 4.78 is 11.3. The van der Waals surface area contributed by atoms with Crippen LogP contribution in [0.4, 0.5) is 0 Å². The minimum atomic E-state index is -1.57. The smallest absolute Gasteiger partial charge is 0.220 e. The van der Waals surface area contributed by atoms with Crippen molar-refractivity contribution in [3.8, 4) is 0 Å². The Balaban J connectivity index is 2.08.